The molecule has 0 amide bonds. The minimum atomic E-state index is 0.620. The Morgan fingerprint density at radius 1 is 1.36 bits per heavy atom. The van der Waals surface area contributed by atoms with E-state index in [1.165, 1.54) is 45.6 Å². The van der Waals surface area contributed by atoms with E-state index < -0.39 is 0 Å². The Balaban J connectivity index is 1.40. The molecule has 3 aliphatic heterocycles. The number of furan rings is 1. The summed E-state index contributed by atoms with van der Waals surface area (Å²) in [6, 6.07) is 4.47. The van der Waals surface area contributed by atoms with Crippen molar-refractivity contribution >= 4 is 17.3 Å². The van der Waals surface area contributed by atoms with Gasteiger partial charge in [-0.3, -0.25) is 4.90 Å². The minimum absolute atomic E-state index is 0.620. The van der Waals surface area contributed by atoms with Gasteiger partial charge in [0.1, 0.15) is 5.76 Å². The monoisotopic (exact) mass is 364 g/mol. The summed E-state index contributed by atoms with van der Waals surface area (Å²) in [5.74, 6) is 2.62. The first-order valence-electron chi connectivity index (χ1n) is 9.70. The number of piperidine rings is 3. The van der Waals surface area contributed by atoms with Gasteiger partial charge in [0.2, 0.25) is 0 Å². The number of nitrogens with zero attached hydrogens (tertiary/aromatic N) is 2. The van der Waals surface area contributed by atoms with Crippen molar-refractivity contribution in [1.82, 2.24) is 20.4 Å². The molecule has 0 radical (unpaired) electrons. The molecule has 3 fully saturated rings. The molecule has 140 valence electrons. The summed E-state index contributed by atoms with van der Waals surface area (Å²) in [5.41, 5.74) is 0. The van der Waals surface area contributed by atoms with E-state index in [-0.39, 0.29) is 0 Å². The van der Waals surface area contributed by atoms with Crippen molar-refractivity contribution in [2.24, 2.45) is 11.8 Å². The second kappa shape index (κ2) is 9.01. The van der Waals surface area contributed by atoms with Gasteiger partial charge in [-0.05, 0) is 68.7 Å². The second-order valence-corrected chi connectivity index (χ2v) is 7.73. The van der Waals surface area contributed by atoms with Gasteiger partial charge >= 0.3 is 0 Å². The molecule has 3 saturated heterocycles. The molecule has 3 aliphatic rings. The molecule has 2 bridgehead atoms. The first-order chi connectivity index (χ1) is 12.2. The maximum absolute atomic E-state index is 5.40. The van der Waals surface area contributed by atoms with Gasteiger partial charge in [0.05, 0.1) is 12.8 Å². The highest BCUT2D eigenvalue weighted by Crippen LogP contribution is 2.36. The molecule has 1 aromatic heterocycles. The summed E-state index contributed by atoms with van der Waals surface area (Å²) in [6.45, 7) is 12.2. The molecule has 0 aromatic carbocycles. The lowest BCUT2D eigenvalue weighted by molar-refractivity contribution is -0.00939. The van der Waals surface area contributed by atoms with Crippen molar-refractivity contribution < 1.29 is 4.42 Å². The number of rotatable bonds is 8. The maximum Gasteiger partial charge on any atom is 0.166 e. The molecule has 0 saturated carbocycles. The lowest BCUT2D eigenvalue weighted by Crippen LogP contribution is -2.58. The van der Waals surface area contributed by atoms with E-state index in [2.05, 4.69) is 34.3 Å². The first-order valence-corrected chi connectivity index (χ1v) is 10.1. The fraction of sp³-hybridized carbons (Fsp3) is 0.737. The fourth-order valence-electron chi connectivity index (χ4n) is 4.34. The van der Waals surface area contributed by atoms with Gasteiger partial charge < -0.3 is 20.0 Å². The third-order valence-corrected chi connectivity index (χ3v) is 6.19. The Kier molecular flexibility index (Phi) is 6.73. The van der Waals surface area contributed by atoms with Gasteiger partial charge in [0.15, 0.2) is 5.11 Å². The van der Waals surface area contributed by atoms with Crippen LogP contribution in [0.2, 0.25) is 0 Å². The lowest BCUT2D eigenvalue weighted by Gasteiger charge is -2.51. The SMILES string of the molecule is CCN(CC)CC1CN2CCC1CC2CNC(=S)NCc1ccco1. The Morgan fingerprint density at radius 3 is 2.84 bits per heavy atom. The predicted molar refractivity (Wildman–Crippen MR) is 106 cm³/mol. The minimum Gasteiger partial charge on any atom is -0.467 e. The topological polar surface area (TPSA) is 43.7 Å². The molecular formula is C19H32N4OS. The van der Waals surface area contributed by atoms with Crippen molar-refractivity contribution in [3.05, 3.63) is 24.2 Å². The Morgan fingerprint density at radius 2 is 2.20 bits per heavy atom. The van der Waals surface area contributed by atoms with Gasteiger partial charge in [-0.15, -0.1) is 0 Å². The van der Waals surface area contributed by atoms with E-state index in [1.54, 1.807) is 6.26 Å². The molecule has 4 heterocycles. The van der Waals surface area contributed by atoms with Crippen molar-refractivity contribution in [3.63, 3.8) is 0 Å². The summed E-state index contributed by atoms with van der Waals surface area (Å²) in [6.07, 6.45) is 4.36. The Hall–Kier alpha value is -1.11. The molecular weight excluding hydrogens is 332 g/mol. The van der Waals surface area contributed by atoms with Crippen LogP contribution in [0.3, 0.4) is 0 Å². The van der Waals surface area contributed by atoms with Crippen LogP contribution in [0.4, 0.5) is 0 Å². The fourth-order valence-corrected chi connectivity index (χ4v) is 4.49. The van der Waals surface area contributed by atoms with Crippen LogP contribution in [0.15, 0.2) is 22.8 Å². The van der Waals surface area contributed by atoms with Crippen molar-refractivity contribution in [1.29, 1.82) is 0 Å². The molecule has 4 rings (SSSR count). The van der Waals surface area contributed by atoms with Crippen LogP contribution in [0.25, 0.3) is 0 Å². The maximum atomic E-state index is 5.40. The zero-order valence-corrected chi connectivity index (χ0v) is 16.4. The normalized spacial score (nSPS) is 28.3. The lowest BCUT2D eigenvalue weighted by atomic mass is 9.75. The summed E-state index contributed by atoms with van der Waals surface area (Å²) >= 11 is 5.40. The Bertz CT molecular complexity index is 532. The number of nitrogens with one attached hydrogen (secondary N) is 2. The predicted octanol–water partition coefficient (Wildman–Crippen LogP) is 2.30. The summed E-state index contributed by atoms with van der Waals surface area (Å²) in [5, 5.41) is 7.35. The third kappa shape index (κ3) is 4.96. The van der Waals surface area contributed by atoms with Gasteiger partial charge in [0, 0.05) is 25.7 Å². The quantitative estimate of drug-likeness (QED) is 0.690. The molecule has 4 atom stereocenters. The largest absolute Gasteiger partial charge is 0.467 e. The van der Waals surface area contributed by atoms with Crippen LogP contribution in [0.5, 0.6) is 0 Å². The van der Waals surface area contributed by atoms with Crippen LogP contribution >= 0.6 is 12.2 Å². The second-order valence-electron chi connectivity index (χ2n) is 7.32. The van der Waals surface area contributed by atoms with E-state index >= 15 is 0 Å². The van der Waals surface area contributed by atoms with E-state index in [1.807, 2.05) is 12.1 Å². The number of fused-ring (bicyclic) bond motifs is 3. The van der Waals surface area contributed by atoms with Crippen molar-refractivity contribution in [3.8, 4) is 0 Å². The van der Waals surface area contributed by atoms with Crippen molar-refractivity contribution in [2.45, 2.75) is 39.3 Å². The van der Waals surface area contributed by atoms with E-state index in [4.69, 9.17) is 16.6 Å². The number of thiocarbonyl (C=S) groups is 1. The third-order valence-electron chi connectivity index (χ3n) is 5.90. The van der Waals surface area contributed by atoms with Crippen molar-refractivity contribution in [2.75, 3.05) is 39.3 Å². The van der Waals surface area contributed by atoms with E-state index in [0.717, 1.165) is 29.3 Å². The molecule has 2 N–H and O–H groups in total. The summed E-state index contributed by atoms with van der Waals surface area (Å²) in [4.78, 5) is 5.25. The first kappa shape index (κ1) is 18.7. The summed E-state index contributed by atoms with van der Waals surface area (Å²) in [7, 11) is 0. The highest BCUT2D eigenvalue weighted by molar-refractivity contribution is 7.80. The Labute approximate surface area is 157 Å². The number of hydrogen-bond donors (Lipinski definition) is 2. The van der Waals surface area contributed by atoms with Gasteiger partial charge in [-0.2, -0.15) is 0 Å². The number of hydrogen-bond acceptors (Lipinski definition) is 4. The van der Waals surface area contributed by atoms with Crippen LogP contribution in [0, 0.1) is 11.8 Å². The van der Waals surface area contributed by atoms with Crippen LogP contribution in [-0.4, -0.2) is 60.2 Å². The van der Waals surface area contributed by atoms with E-state index in [0.29, 0.717) is 12.6 Å². The van der Waals surface area contributed by atoms with Gasteiger partial charge in [0.25, 0.3) is 0 Å². The molecule has 1 aromatic rings. The van der Waals surface area contributed by atoms with E-state index in [9.17, 15) is 0 Å². The smallest absolute Gasteiger partial charge is 0.166 e. The zero-order chi connectivity index (χ0) is 17.6. The molecule has 25 heavy (non-hydrogen) atoms. The average Bonchev–Trinajstić information content (AvgIpc) is 3.17. The molecule has 5 nitrogen and oxygen atoms in total. The molecule has 6 heteroatoms. The molecule has 0 spiro atoms. The standard InChI is InChI=1S/C19H32N4OS/c1-3-22(4-2)13-16-14-23-8-7-15(16)10-17(23)11-20-19(25)21-12-18-6-5-9-24-18/h5-6,9,15-17H,3-4,7-8,10-14H2,1-2H3,(H2,20,21,25). The molecule has 4 unspecified atom stereocenters. The summed E-state index contributed by atoms with van der Waals surface area (Å²) < 4.78 is 5.32. The van der Waals surface area contributed by atoms with Crippen LogP contribution in [0.1, 0.15) is 32.4 Å². The van der Waals surface area contributed by atoms with Gasteiger partial charge in [-0.25, -0.2) is 0 Å². The highest BCUT2D eigenvalue weighted by atomic mass is 32.1. The molecule has 0 aliphatic carbocycles. The highest BCUT2D eigenvalue weighted by Gasteiger charge is 2.40. The zero-order valence-electron chi connectivity index (χ0n) is 15.5. The van der Waals surface area contributed by atoms with Gasteiger partial charge in [-0.1, -0.05) is 13.8 Å². The van der Waals surface area contributed by atoms with Crippen LogP contribution < -0.4 is 10.6 Å². The van der Waals surface area contributed by atoms with Crippen LogP contribution in [-0.2, 0) is 6.54 Å². The average molecular weight is 365 g/mol.